The zero-order valence-electron chi connectivity index (χ0n) is 32.0. The molecule has 272 valence electrons. The molecule has 0 fully saturated rings. The van der Waals surface area contributed by atoms with E-state index in [2.05, 4.69) is 254 Å². The number of rotatable bonds is 10. The van der Waals surface area contributed by atoms with Gasteiger partial charge in [-0.05, 0) is 96.5 Å². The van der Waals surface area contributed by atoms with Gasteiger partial charge in [0.05, 0.1) is 0 Å². The quantitative estimate of drug-likeness (QED) is 0.0995. The number of hydrogen-bond donors (Lipinski definition) is 0. The van der Waals surface area contributed by atoms with Crippen molar-refractivity contribution < 1.29 is 0 Å². The van der Waals surface area contributed by atoms with E-state index in [1.165, 1.54) is 60.1 Å². The fourth-order valence-corrected chi connectivity index (χ4v) is 11.6. The fraction of sp³-hybridized carbons (Fsp3) is 0.0182. The van der Waals surface area contributed by atoms with E-state index in [9.17, 15) is 0 Å². The molecule has 0 atom stereocenters. The number of anilines is 3. The molecule has 9 aromatic carbocycles. The van der Waals surface area contributed by atoms with E-state index >= 15 is 0 Å². The van der Waals surface area contributed by atoms with Crippen LogP contribution in [0.2, 0.25) is 6.55 Å². The molecule has 9 rings (SSSR count). The van der Waals surface area contributed by atoms with E-state index in [1.807, 2.05) is 0 Å². The third kappa shape index (κ3) is 7.39. The summed E-state index contributed by atoms with van der Waals surface area (Å²) in [4.78, 5) is 2.35. The normalized spacial score (nSPS) is 11.2. The number of benzene rings is 9. The lowest BCUT2D eigenvalue weighted by Gasteiger charge is -2.29. The SMILES string of the molecule is C[Si](c1ccccc1)(c1ccccc1)c1ccc(-c2ccc(N(c3ccc(-c4ccccc4)cc3)c3ccc(-c4ccc(-c5ccccc5)cc4)cc3)cc2)cc1. The summed E-state index contributed by atoms with van der Waals surface area (Å²) in [5.41, 5.74) is 13.0. The van der Waals surface area contributed by atoms with Crippen molar-refractivity contribution in [1.82, 2.24) is 0 Å². The first-order valence-electron chi connectivity index (χ1n) is 19.7. The van der Waals surface area contributed by atoms with Gasteiger partial charge in [0.2, 0.25) is 0 Å². The molecule has 0 saturated carbocycles. The van der Waals surface area contributed by atoms with Crippen LogP contribution in [0.4, 0.5) is 17.1 Å². The molecular formula is C55H43NSi. The lowest BCUT2D eigenvalue weighted by Crippen LogP contribution is -2.64. The van der Waals surface area contributed by atoms with Crippen LogP contribution in [0.3, 0.4) is 0 Å². The molecule has 0 radical (unpaired) electrons. The summed E-state index contributed by atoms with van der Waals surface area (Å²) in [5.74, 6) is 0. The van der Waals surface area contributed by atoms with Gasteiger partial charge in [0.25, 0.3) is 0 Å². The van der Waals surface area contributed by atoms with Crippen molar-refractivity contribution >= 4 is 40.7 Å². The van der Waals surface area contributed by atoms with Crippen LogP contribution in [0.15, 0.2) is 243 Å². The Hall–Kier alpha value is -7.00. The molecule has 0 spiro atoms. The van der Waals surface area contributed by atoms with Gasteiger partial charge < -0.3 is 4.90 Å². The Morgan fingerprint density at radius 1 is 0.228 bits per heavy atom. The van der Waals surface area contributed by atoms with Crippen molar-refractivity contribution in [2.75, 3.05) is 4.90 Å². The summed E-state index contributed by atoms with van der Waals surface area (Å²) < 4.78 is 0. The van der Waals surface area contributed by atoms with Crippen LogP contribution in [0.5, 0.6) is 0 Å². The first kappa shape index (κ1) is 35.7. The monoisotopic (exact) mass is 745 g/mol. The van der Waals surface area contributed by atoms with Gasteiger partial charge in [0, 0.05) is 17.1 Å². The Kier molecular flexibility index (Phi) is 10.0. The summed E-state index contributed by atoms with van der Waals surface area (Å²) in [6, 6.07) is 88.2. The summed E-state index contributed by atoms with van der Waals surface area (Å²) in [5, 5.41) is 4.24. The van der Waals surface area contributed by atoms with Crippen LogP contribution < -0.4 is 20.5 Å². The number of nitrogens with zero attached hydrogens (tertiary/aromatic N) is 1. The van der Waals surface area contributed by atoms with Crippen molar-refractivity contribution in [3.8, 4) is 44.5 Å². The molecule has 0 aliphatic rings. The van der Waals surface area contributed by atoms with Crippen molar-refractivity contribution in [2.45, 2.75) is 6.55 Å². The molecule has 0 N–H and O–H groups in total. The van der Waals surface area contributed by atoms with Gasteiger partial charge in [-0.2, -0.15) is 0 Å². The molecule has 0 bridgehead atoms. The highest BCUT2D eigenvalue weighted by Gasteiger charge is 2.33. The van der Waals surface area contributed by atoms with Gasteiger partial charge in [0.1, 0.15) is 8.07 Å². The average Bonchev–Trinajstić information content (AvgIpc) is 3.31. The van der Waals surface area contributed by atoms with Crippen molar-refractivity contribution in [1.29, 1.82) is 0 Å². The van der Waals surface area contributed by atoms with E-state index < -0.39 is 8.07 Å². The highest BCUT2D eigenvalue weighted by atomic mass is 28.3. The Morgan fingerprint density at radius 3 is 0.737 bits per heavy atom. The maximum absolute atomic E-state index is 2.47. The van der Waals surface area contributed by atoms with Gasteiger partial charge in [-0.25, -0.2) is 0 Å². The topological polar surface area (TPSA) is 3.24 Å². The minimum atomic E-state index is -2.18. The Labute approximate surface area is 337 Å². The molecule has 2 heteroatoms. The largest absolute Gasteiger partial charge is 0.311 e. The molecule has 0 saturated heterocycles. The predicted octanol–water partition coefficient (Wildman–Crippen LogP) is 12.9. The minimum Gasteiger partial charge on any atom is -0.311 e. The lowest BCUT2D eigenvalue weighted by atomic mass is 10.00. The molecular weight excluding hydrogens is 703 g/mol. The van der Waals surface area contributed by atoms with Crippen LogP contribution in [0, 0.1) is 0 Å². The van der Waals surface area contributed by atoms with Gasteiger partial charge in [-0.3, -0.25) is 0 Å². The van der Waals surface area contributed by atoms with Crippen LogP contribution >= 0.6 is 0 Å². The van der Waals surface area contributed by atoms with E-state index in [0.717, 1.165) is 17.1 Å². The maximum atomic E-state index is 2.47. The van der Waals surface area contributed by atoms with Crippen LogP contribution in [-0.2, 0) is 0 Å². The molecule has 0 aliphatic carbocycles. The van der Waals surface area contributed by atoms with Gasteiger partial charge >= 0.3 is 0 Å². The second-order valence-electron chi connectivity index (χ2n) is 14.7. The van der Waals surface area contributed by atoms with Crippen LogP contribution in [0.1, 0.15) is 0 Å². The molecule has 0 amide bonds. The molecule has 9 aromatic rings. The van der Waals surface area contributed by atoms with Crippen LogP contribution in [-0.4, -0.2) is 8.07 Å². The highest BCUT2D eigenvalue weighted by Crippen LogP contribution is 2.38. The van der Waals surface area contributed by atoms with E-state index in [4.69, 9.17) is 0 Å². The second kappa shape index (κ2) is 16.0. The van der Waals surface area contributed by atoms with E-state index in [0.29, 0.717) is 0 Å². The summed E-state index contributed by atoms with van der Waals surface area (Å²) >= 11 is 0. The standard InChI is InChI=1S/C55H43NSi/c1-57(53-18-10-4-11-19-53,54-20-12-5-13-21-54)55-40-32-49(33-41-55)48-30-38-52(39-31-48)56(50-34-26-46(27-35-50)43-16-8-3-9-17-43)51-36-28-47(29-37-51)45-24-22-44(23-25-45)42-14-6-2-7-15-42/h2-41H,1H3. The molecule has 57 heavy (non-hydrogen) atoms. The van der Waals surface area contributed by atoms with Crippen molar-refractivity contribution in [3.05, 3.63) is 243 Å². The predicted molar refractivity (Wildman–Crippen MR) is 246 cm³/mol. The number of hydrogen-bond acceptors (Lipinski definition) is 1. The first-order valence-corrected chi connectivity index (χ1v) is 22.2. The van der Waals surface area contributed by atoms with Crippen molar-refractivity contribution in [3.63, 3.8) is 0 Å². The summed E-state index contributed by atoms with van der Waals surface area (Å²) in [6.45, 7) is 2.47. The zero-order chi connectivity index (χ0) is 38.4. The molecule has 0 aliphatic heterocycles. The highest BCUT2D eigenvalue weighted by molar-refractivity contribution is 7.10. The third-order valence-electron chi connectivity index (χ3n) is 11.3. The minimum absolute atomic E-state index is 1.11. The molecule has 0 unspecified atom stereocenters. The Balaban J connectivity index is 1.03. The van der Waals surface area contributed by atoms with Gasteiger partial charge in [-0.15, -0.1) is 0 Å². The summed E-state index contributed by atoms with van der Waals surface area (Å²) in [7, 11) is -2.18. The van der Waals surface area contributed by atoms with E-state index in [-0.39, 0.29) is 0 Å². The lowest BCUT2D eigenvalue weighted by molar-refractivity contribution is 1.28. The average molecular weight is 746 g/mol. The second-order valence-corrected chi connectivity index (χ2v) is 18.7. The molecule has 0 aromatic heterocycles. The van der Waals surface area contributed by atoms with Gasteiger partial charge in [-0.1, -0.05) is 213 Å². The Bertz CT molecular complexity index is 2620. The molecule has 0 heterocycles. The van der Waals surface area contributed by atoms with Crippen molar-refractivity contribution in [2.24, 2.45) is 0 Å². The zero-order valence-corrected chi connectivity index (χ0v) is 33.0. The van der Waals surface area contributed by atoms with Crippen LogP contribution in [0.25, 0.3) is 44.5 Å². The molecule has 1 nitrogen and oxygen atoms in total. The Morgan fingerprint density at radius 2 is 0.439 bits per heavy atom. The van der Waals surface area contributed by atoms with Gasteiger partial charge in [0.15, 0.2) is 0 Å². The maximum Gasteiger partial charge on any atom is 0.145 e. The van der Waals surface area contributed by atoms with E-state index in [1.54, 1.807) is 0 Å². The third-order valence-corrected chi connectivity index (χ3v) is 15.8. The summed E-state index contributed by atoms with van der Waals surface area (Å²) in [6.07, 6.45) is 0. The fourth-order valence-electron chi connectivity index (χ4n) is 8.01. The smallest absolute Gasteiger partial charge is 0.145 e. The first-order chi connectivity index (χ1) is 28.1.